The molecule has 0 rings (SSSR count). The molecule has 0 fully saturated rings. The van der Waals surface area contributed by atoms with Crippen LogP contribution in [0.15, 0.2) is 24.8 Å². The Morgan fingerprint density at radius 2 is 1.50 bits per heavy atom. The molecule has 1 heteroatoms. The van der Waals surface area contributed by atoms with Gasteiger partial charge in [-0.2, -0.15) is 0 Å². The minimum Gasteiger partial charge on any atom is -0.103 e. The van der Waals surface area contributed by atoms with Crippen LogP contribution < -0.4 is 0 Å². The average Bonchev–Trinajstić information content (AvgIpc) is 1.69. The van der Waals surface area contributed by atoms with Crippen LogP contribution in [-0.2, 0) is 0 Å². The molecule has 0 spiro atoms. The van der Waals surface area contributed by atoms with Gasteiger partial charge in [-0.25, -0.2) is 0 Å². The van der Waals surface area contributed by atoms with Gasteiger partial charge in [0.05, 0.1) is 0 Å². The molecule has 0 aliphatic heterocycles. The highest BCUT2D eigenvalue weighted by Gasteiger charge is 1.73. The van der Waals surface area contributed by atoms with E-state index in [-0.39, 0.29) is 0 Å². The van der Waals surface area contributed by atoms with E-state index in [2.05, 4.69) is 27.0 Å². The van der Waals surface area contributed by atoms with E-state index in [1.165, 1.54) is 5.54 Å². The van der Waals surface area contributed by atoms with Crippen LogP contribution in [0.3, 0.4) is 0 Å². The van der Waals surface area contributed by atoms with Crippen molar-refractivity contribution in [1.82, 2.24) is 0 Å². The summed E-state index contributed by atoms with van der Waals surface area (Å²) in [4.78, 5) is 0. The molecule has 0 bridgehead atoms. The van der Waals surface area contributed by atoms with Crippen LogP contribution in [0.5, 0.6) is 0 Å². The zero-order valence-corrected chi connectivity index (χ0v) is 6.28. The minimum absolute atomic E-state index is 0.648. The summed E-state index contributed by atoms with van der Waals surface area (Å²) in [5, 5.41) is 0. The molecule has 0 radical (unpaired) electrons. The predicted octanol–water partition coefficient (Wildman–Crippen LogP) is 3.20. The summed E-state index contributed by atoms with van der Waals surface area (Å²) in [6, 6.07) is 0. The van der Waals surface area contributed by atoms with Crippen LogP contribution in [0, 0.1) is 5.92 Å². The summed E-state index contributed by atoms with van der Waals surface area (Å²) >= 11 is 4.76. The van der Waals surface area contributed by atoms with Crippen molar-refractivity contribution in [3.8, 4) is 0 Å². The molecule has 0 amide bonds. The Kier molecular flexibility index (Phi) is 13.2. The largest absolute Gasteiger partial charge is 0.103 e. The smallest absolute Gasteiger partial charge is 0.00296 e. The van der Waals surface area contributed by atoms with Gasteiger partial charge >= 0.3 is 0 Å². The highest BCUT2D eigenvalue weighted by molar-refractivity contribution is 6.25. The lowest BCUT2D eigenvalue weighted by atomic mass is 10.2. The quantitative estimate of drug-likeness (QED) is 0.481. The molecular weight excluding hydrogens is 120 g/mol. The van der Waals surface area contributed by atoms with Crippen molar-refractivity contribution in [3.05, 3.63) is 24.8 Å². The van der Waals surface area contributed by atoms with Gasteiger partial charge in [0.2, 0.25) is 0 Å². The molecule has 0 atom stereocenters. The first-order valence-electron chi connectivity index (χ1n) is 2.52. The van der Waals surface area contributed by atoms with Crippen molar-refractivity contribution in [2.24, 2.45) is 5.92 Å². The Labute approximate surface area is 56.9 Å². The summed E-state index contributed by atoms with van der Waals surface area (Å²) in [7, 11) is 0. The maximum absolute atomic E-state index is 4.76. The second kappa shape index (κ2) is 9.91. The Bertz CT molecular complexity index is 55.4. The van der Waals surface area contributed by atoms with Crippen LogP contribution in [0.2, 0.25) is 0 Å². The molecule has 8 heavy (non-hydrogen) atoms. The molecule has 0 N–H and O–H groups in total. The van der Waals surface area contributed by atoms with E-state index in [9.17, 15) is 0 Å². The highest BCUT2D eigenvalue weighted by atomic mass is 35.5. The zero-order valence-electron chi connectivity index (χ0n) is 5.52. The fourth-order valence-corrected chi connectivity index (χ4v) is 0. The topological polar surface area (TPSA) is 0 Å². The Hall–Kier alpha value is -0.230. The number of halogens is 1. The van der Waals surface area contributed by atoms with E-state index < -0.39 is 0 Å². The summed E-state index contributed by atoms with van der Waals surface area (Å²) in [6.45, 7) is 10.9. The number of hydrogen-bond donors (Lipinski definition) is 0. The second-order valence-corrected chi connectivity index (χ2v) is 1.94. The third-order valence-electron chi connectivity index (χ3n) is 0.471. The van der Waals surface area contributed by atoms with Gasteiger partial charge in [-0.05, 0) is 11.5 Å². The van der Waals surface area contributed by atoms with E-state index in [1.54, 1.807) is 0 Å². The van der Waals surface area contributed by atoms with E-state index in [0.717, 1.165) is 0 Å². The number of hydrogen-bond acceptors (Lipinski definition) is 0. The van der Waals surface area contributed by atoms with E-state index in [0.29, 0.717) is 5.92 Å². The van der Waals surface area contributed by atoms with Crippen LogP contribution >= 0.6 is 11.6 Å². The van der Waals surface area contributed by atoms with Gasteiger partial charge in [-0.3, -0.25) is 0 Å². The first-order chi connectivity index (χ1) is 3.68. The van der Waals surface area contributed by atoms with E-state index in [4.69, 9.17) is 11.6 Å². The third kappa shape index (κ3) is 41.9. The molecule has 0 aliphatic carbocycles. The van der Waals surface area contributed by atoms with Gasteiger partial charge in [0.25, 0.3) is 0 Å². The second-order valence-electron chi connectivity index (χ2n) is 1.63. The summed E-state index contributed by atoms with van der Waals surface area (Å²) in [6.07, 6.45) is 1.92. The Morgan fingerprint density at radius 1 is 1.38 bits per heavy atom. The van der Waals surface area contributed by atoms with Gasteiger partial charge in [0.1, 0.15) is 0 Å². The molecule has 0 saturated heterocycles. The van der Waals surface area contributed by atoms with Crippen molar-refractivity contribution < 1.29 is 0 Å². The molecule has 0 saturated carbocycles. The van der Waals surface area contributed by atoms with Crippen LogP contribution in [-0.4, -0.2) is 0 Å². The average molecular weight is 133 g/mol. The minimum atomic E-state index is 0.648. The fraction of sp³-hybridized carbons (Fsp3) is 0.429. The van der Waals surface area contributed by atoms with Crippen molar-refractivity contribution in [2.75, 3.05) is 0 Å². The van der Waals surface area contributed by atoms with Crippen LogP contribution in [0.4, 0.5) is 0 Å². The molecule has 0 aromatic rings. The van der Waals surface area contributed by atoms with Gasteiger partial charge in [0, 0.05) is 0 Å². The van der Waals surface area contributed by atoms with Crippen molar-refractivity contribution >= 4 is 11.6 Å². The monoisotopic (exact) mass is 132 g/mol. The Morgan fingerprint density at radius 3 is 1.50 bits per heavy atom. The molecule has 0 aromatic carbocycles. The molecule has 0 unspecified atom stereocenters. The SMILES string of the molecule is C=CC(C)C.C=CCl. The van der Waals surface area contributed by atoms with Gasteiger partial charge in [0.15, 0.2) is 0 Å². The standard InChI is InChI=1S/C5H10.C2H3Cl/c1-4-5(2)3;1-2-3/h4-5H,1H2,2-3H3;2H,1H2. The first kappa shape index (κ1) is 10.7. The zero-order chi connectivity index (χ0) is 6.99. The maximum atomic E-state index is 4.76. The number of rotatable bonds is 1. The molecule has 0 heterocycles. The van der Waals surface area contributed by atoms with Crippen molar-refractivity contribution in [2.45, 2.75) is 13.8 Å². The highest BCUT2D eigenvalue weighted by Crippen LogP contribution is 1.87. The van der Waals surface area contributed by atoms with Crippen molar-refractivity contribution in [3.63, 3.8) is 0 Å². The lowest BCUT2D eigenvalue weighted by Gasteiger charge is -1.84. The lowest BCUT2D eigenvalue weighted by Crippen LogP contribution is -1.71. The Balaban J connectivity index is 0. The molecule has 0 nitrogen and oxygen atoms in total. The fourth-order valence-electron chi connectivity index (χ4n) is 0. The molecular formula is C7H13Cl. The van der Waals surface area contributed by atoms with Crippen LogP contribution in [0.25, 0.3) is 0 Å². The van der Waals surface area contributed by atoms with E-state index >= 15 is 0 Å². The van der Waals surface area contributed by atoms with Crippen LogP contribution in [0.1, 0.15) is 13.8 Å². The summed E-state index contributed by atoms with van der Waals surface area (Å²) in [5.74, 6) is 0.648. The van der Waals surface area contributed by atoms with Gasteiger partial charge in [-0.15, -0.1) is 6.58 Å². The summed E-state index contributed by atoms with van der Waals surface area (Å²) < 4.78 is 0. The van der Waals surface area contributed by atoms with E-state index in [1.807, 2.05) is 6.08 Å². The summed E-state index contributed by atoms with van der Waals surface area (Å²) in [5.41, 5.74) is 1.22. The molecule has 0 aromatic heterocycles. The molecule has 48 valence electrons. The molecule has 0 aliphatic rings. The lowest BCUT2D eigenvalue weighted by molar-refractivity contribution is 0.835. The van der Waals surface area contributed by atoms with Gasteiger partial charge in [-0.1, -0.05) is 38.1 Å². The third-order valence-corrected chi connectivity index (χ3v) is 0.471. The van der Waals surface area contributed by atoms with Gasteiger partial charge < -0.3 is 0 Å². The number of allylic oxidation sites excluding steroid dienone is 1. The predicted molar refractivity (Wildman–Crippen MR) is 41.1 cm³/mol. The maximum Gasteiger partial charge on any atom is -0.00296 e. The normalized spacial score (nSPS) is 7.00. The first-order valence-corrected chi connectivity index (χ1v) is 2.96. The van der Waals surface area contributed by atoms with Crippen molar-refractivity contribution in [1.29, 1.82) is 0 Å².